The summed E-state index contributed by atoms with van der Waals surface area (Å²) in [6, 6.07) is 19.3. The van der Waals surface area contributed by atoms with Crippen LogP contribution in [-0.4, -0.2) is 38.7 Å². The molecule has 0 saturated heterocycles. The first-order chi connectivity index (χ1) is 15.2. The Morgan fingerprint density at radius 3 is 2.48 bits per heavy atom. The lowest BCUT2D eigenvalue weighted by Crippen LogP contribution is -2.31. The van der Waals surface area contributed by atoms with Crippen molar-refractivity contribution in [3.8, 4) is 11.1 Å². The van der Waals surface area contributed by atoms with Gasteiger partial charge >= 0.3 is 0 Å². The van der Waals surface area contributed by atoms with E-state index in [1.807, 2.05) is 13.0 Å². The van der Waals surface area contributed by atoms with Gasteiger partial charge in [-0.2, -0.15) is 0 Å². The van der Waals surface area contributed by atoms with Crippen molar-refractivity contribution >= 4 is 5.91 Å². The zero-order valence-corrected chi connectivity index (χ0v) is 18.0. The predicted octanol–water partition coefficient (Wildman–Crippen LogP) is 3.59. The average Bonchev–Trinajstić information content (AvgIpc) is 3.60. The summed E-state index contributed by atoms with van der Waals surface area (Å²) >= 11 is 0. The Balaban J connectivity index is 1.21. The van der Waals surface area contributed by atoms with Gasteiger partial charge in [0.05, 0.1) is 6.04 Å². The molecule has 5 rings (SSSR count). The van der Waals surface area contributed by atoms with Gasteiger partial charge in [-0.05, 0) is 36.5 Å². The number of fused-ring (bicyclic) bond motifs is 1. The van der Waals surface area contributed by atoms with Crippen LogP contribution < -0.4 is 5.32 Å². The number of rotatable bonds is 6. The molecule has 1 saturated carbocycles. The Morgan fingerprint density at radius 2 is 1.74 bits per heavy atom. The van der Waals surface area contributed by atoms with E-state index in [0.29, 0.717) is 0 Å². The Hall–Kier alpha value is -2.99. The number of aromatic nitrogens is 3. The number of benzene rings is 2. The molecule has 0 spiro atoms. The van der Waals surface area contributed by atoms with Crippen LogP contribution in [0, 0.1) is 5.92 Å². The number of nitrogens with zero attached hydrogens (tertiary/aromatic N) is 4. The quantitative estimate of drug-likeness (QED) is 0.668. The maximum absolute atomic E-state index is 12.1. The molecule has 160 valence electrons. The largest absolute Gasteiger partial charge is 0.346 e. The summed E-state index contributed by atoms with van der Waals surface area (Å²) in [6.07, 6.45) is 2.90. The highest BCUT2D eigenvalue weighted by molar-refractivity contribution is 5.81. The molecule has 1 aliphatic carbocycles. The summed E-state index contributed by atoms with van der Waals surface area (Å²) in [6.45, 7) is 5.69. The van der Waals surface area contributed by atoms with Crippen molar-refractivity contribution in [1.82, 2.24) is 25.0 Å². The van der Waals surface area contributed by atoms with E-state index in [2.05, 4.69) is 73.5 Å². The van der Waals surface area contributed by atoms with Crippen molar-refractivity contribution in [2.45, 2.75) is 45.3 Å². The van der Waals surface area contributed by atoms with E-state index >= 15 is 0 Å². The smallest absolute Gasteiger partial charge is 0.223 e. The van der Waals surface area contributed by atoms with E-state index in [4.69, 9.17) is 0 Å². The van der Waals surface area contributed by atoms with Crippen LogP contribution >= 0.6 is 0 Å². The minimum Gasteiger partial charge on any atom is -0.346 e. The van der Waals surface area contributed by atoms with Crippen molar-refractivity contribution in [2.24, 2.45) is 5.92 Å². The van der Waals surface area contributed by atoms with Crippen molar-refractivity contribution in [2.75, 3.05) is 13.1 Å². The summed E-state index contributed by atoms with van der Waals surface area (Å²) in [7, 11) is 0. The Bertz CT molecular complexity index is 1040. The van der Waals surface area contributed by atoms with Gasteiger partial charge in [0.1, 0.15) is 5.82 Å². The third-order valence-corrected chi connectivity index (χ3v) is 6.31. The van der Waals surface area contributed by atoms with Crippen LogP contribution in [0.2, 0.25) is 0 Å². The Morgan fingerprint density at radius 1 is 1.00 bits per heavy atom. The molecule has 3 aromatic rings. The number of hydrogen-bond acceptors (Lipinski definition) is 4. The second-order valence-corrected chi connectivity index (χ2v) is 8.72. The third kappa shape index (κ3) is 4.54. The van der Waals surface area contributed by atoms with Gasteiger partial charge in [-0.3, -0.25) is 9.69 Å². The van der Waals surface area contributed by atoms with Crippen LogP contribution in [-0.2, 0) is 24.3 Å². The van der Waals surface area contributed by atoms with E-state index in [0.717, 1.165) is 57.1 Å². The Kier molecular flexibility index (Phi) is 5.55. The van der Waals surface area contributed by atoms with Crippen molar-refractivity contribution in [3.05, 3.63) is 71.8 Å². The number of hydrogen-bond donors (Lipinski definition) is 1. The zero-order valence-electron chi connectivity index (χ0n) is 18.0. The highest BCUT2D eigenvalue weighted by atomic mass is 16.2. The maximum atomic E-state index is 12.1. The molecule has 6 heteroatoms. The van der Waals surface area contributed by atoms with Crippen LogP contribution in [0.5, 0.6) is 0 Å². The first kappa shape index (κ1) is 19.9. The second-order valence-electron chi connectivity index (χ2n) is 8.72. The van der Waals surface area contributed by atoms with Crippen molar-refractivity contribution < 1.29 is 4.79 Å². The number of amides is 1. The monoisotopic (exact) mass is 415 g/mol. The van der Waals surface area contributed by atoms with Crippen LogP contribution in [0.4, 0.5) is 0 Å². The summed E-state index contributed by atoms with van der Waals surface area (Å²) in [5, 5.41) is 11.9. The van der Waals surface area contributed by atoms with E-state index in [-0.39, 0.29) is 17.9 Å². The van der Waals surface area contributed by atoms with Crippen LogP contribution in [0.1, 0.15) is 43.0 Å². The maximum Gasteiger partial charge on any atom is 0.223 e. The number of carbonyl (C=O) groups excluding carboxylic acids is 1. The minimum atomic E-state index is -0.105. The van der Waals surface area contributed by atoms with Gasteiger partial charge in [-0.1, -0.05) is 54.6 Å². The molecule has 0 radical (unpaired) electrons. The van der Waals surface area contributed by atoms with Crippen molar-refractivity contribution in [3.63, 3.8) is 0 Å². The van der Waals surface area contributed by atoms with Crippen LogP contribution in [0.15, 0.2) is 54.6 Å². The summed E-state index contributed by atoms with van der Waals surface area (Å²) < 4.78 is 2.20. The molecule has 0 bridgehead atoms. The molecule has 31 heavy (non-hydrogen) atoms. The molecule has 1 unspecified atom stereocenters. The number of nitrogens with one attached hydrogen (secondary N) is 1. The molecule has 1 amide bonds. The molecule has 1 aromatic heterocycles. The van der Waals surface area contributed by atoms with Crippen molar-refractivity contribution in [1.29, 1.82) is 0 Å². The van der Waals surface area contributed by atoms with Gasteiger partial charge in [0, 0.05) is 38.5 Å². The number of carbonyl (C=O) groups is 1. The fourth-order valence-corrected chi connectivity index (χ4v) is 4.30. The van der Waals surface area contributed by atoms with Gasteiger partial charge in [-0.15, -0.1) is 10.2 Å². The van der Waals surface area contributed by atoms with E-state index in [9.17, 15) is 4.79 Å². The van der Waals surface area contributed by atoms with Gasteiger partial charge < -0.3 is 9.88 Å². The second kappa shape index (κ2) is 8.63. The highest BCUT2D eigenvalue weighted by Crippen LogP contribution is 2.30. The minimum absolute atomic E-state index is 0.105. The SMILES string of the molecule is CC(NC(=O)C1CC1)c1nnc2n1CCN(Cc1ccc(-c3ccccc3)cc1)CC2. The molecular formula is C25H29N5O. The van der Waals surface area contributed by atoms with Gasteiger partial charge in [0.2, 0.25) is 5.91 Å². The van der Waals surface area contributed by atoms with E-state index in [1.165, 1.54) is 16.7 Å². The standard InChI is InChI=1S/C25H29N5O/c1-18(26-25(31)22-11-12-22)24-28-27-23-13-14-29(15-16-30(23)24)17-19-7-9-21(10-8-19)20-5-3-2-4-6-20/h2-10,18,22H,11-17H2,1H3,(H,26,31). The molecule has 1 atom stereocenters. The summed E-state index contributed by atoms with van der Waals surface area (Å²) in [5.41, 5.74) is 3.82. The normalized spacial score (nSPS) is 17.6. The molecule has 2 aliphatic rings. The van der Waals surface area contributed by atoms with Crippen LogP contribution in [0.3, 0.4) is 0 Å². The lowest BCUT2D eigenvalue weighted by Gasteiger charge is -2.20. The molecular weight excluding hydrogens is 386 g/mol. The summed E-state index contributed by atoms with van der Waals surface area (Å²) in [4.78, 5) is 14.6. The molecule has 2 heterocycles. The highest BCUT2D eigenvalue weighted by Gasteiger charge is 2.31. The average molecular weight is 416 g/mol. The third-order valence-electron chi connectivity index (χ3n) is 6.31. The fraction of sp³-hybridized carbons (Fsp3) is 0.400. The molecule has 2 aromatic carbocycles. The molecule has 1 N–H and O–H groups in total. The Labute approximate surface area is 183 Å². The molecule has 1 aliphatic heterocycles. The van der Waals surface area contributed by atoms with E-state index in [1.54, 1.807) is 0 Å². The first-order valence-corrected chi connectivity index (χ1v) is 11.3. The topological polar surface area (TPSA) is 63.1 Å². The van der Waals surface area contributed by atoms with Crippen LogP contribution in [0.25, 0.3) is 11.1 Å². The van der Waals surface area contributed by atoms with Gasteiger partial charge in [0.15, 0.2) is 5.82 Å². The zero-order chi connectivity index (χ0) is 21.2. The van der Waals surface area contributed by atoms with Gasteiger partial charge in [-0.25, -0.2) is 0 Å². The first-order valence-electron chi connectivity index (χ1n) is 11.3. The fourth-order valence-electron chi connectivity index (χ4n) is 4.30. The molecule has 1 fully saturated rings. The predicted molar refractivity (Wildman–Crippen MR) is 120 cm³/mol. The van der Waals surface area contributed by atoms with Gasteiger partial charge in [0.25, 0.3) is 0 Å². The lowest BCUT2D eigenvalue weighted by atomic mass is 10.0. The summed E-state index contributed by atoms with van der Waals surface area (Å²) in [5.74, 6) is 2.25. The van der Waals surface area contributed by atoms with E-state index < -0.39 is 0 Å². The lowest BCUT2D eigenvalue weighted by molar-refractivity contribution is -0.123. The molecule has 6 nitrogen and oxygen atoms in total.